The Balaban J connectivity index is 1.51. The molecule has 0 aliphatic carbocycles. The van der Waals surface area contributed by atoms with Crippen molar-refractivity contribution in [2.45, 2.75) is 69.8 Å². The normalized spacial score (nSPS) is 13.9. The molecule has 6 heteroatoms. The summed E-state index contributed by atoms with van der Waals surface area (Å²) in [5, 5.41) is 5.45. The van der Waals surface area contributed by atoms with Crippen molar-refractivity contribution in [3.63, 3.8) is 0 Å². The highest BCUT2D eigenvalue weighted by molar-refractivity contribution is 7.99. The topological polar surface area (TPSA) is 43.1 Å². The number of nitrogens with zero attached hydrogens (tertiary/aromatic N) is 4. The van der Waals surface area contributed by atoms with Crippen LogP contribution in [0.25, 0.3) is 5.82 Å². The van der Waals surface area contributed by atoms with Gasteiger partial charge in [-0.3, -0.25) is 4.79 Å². The summed E-state index contributed by atoms with van der Waals surface area (Å²) in [4.78, 5) is 16.2. The van der Waals surface area contributed by atoms with E-state index in [2.05, 4.69) is 68.1 Å². The minimum Gasteiger partial charge on any atom is -0.332 e. The fourth-order valence-corrected chi connectivity index (χ4v) is 4.67. The van der Waals surface area contributed by atoms with Gasteiger partial charge < -0.3 is 9.47 Å². The highest BCUT2D eigenvalue weighted by Gasteiger charge is 2.33. The van der Waals surface area contributed by atoms with Crippen molar-refractivity contribution >= 4 is 17.7 Å². The summed E-state index contributed by atoms with van der Waals surface area (Å²) >= 11 is 1.84. The maximum Gasteiger partial charge on any atom is 0.227 e. The van der Waals surface area contributed by atoms with E-state index in [0.29, 0.717) is 24.8 Å². The third kappa shape index (κ3) is 4.19. The fourth-order valence-electron chi connectivity index (χ4n) is 3.83. The van der Waals surface area contributed by atoms with Crippen LogP contribution in [0.2, 0.25) is 0 Å². The van der Waals surface area contributed by atoms with Gasteiger partial charge in [-0.2, -0.15) is 5.10 Å². The van der Waals surface area contributed by atoms with E-state index in [4.69, 9.17) is 5.10 Å². The van der Waals surface area contributed by atoms with E-state index in [1.54, 1.807) is 0 Å². The van der Waals surface area contributed by atoms with Crippen LogP contribution in [0.1, 0.15) is 51.4 Å². The Morgan fingerprint density at radius 2 is 1.77 bits per heavy atom. The Kier molecular flexibility index (Phi) is 5.53. The number of hydrogen-bond donors (Lipinski definition) is 0. The van der Waals surface area contributed by atoms with Crippen molar-refractivity contribution in [1.29, 1.82) is 0 Å². The van der Waals surface area contributed by atoms with Crippen molar-refractivity contribution in [3.05, 3.63) is 65.6 Å². The standard InChI is InChI=1S/C24H30N4OS/c1-17(2)30-19-10-8-18(9-11-19)14-22(29)27-15-20-21(16-27)25-28(24(3,4)5)23(20)26-12-6-7-13-26/h6-13,17H,14-16H2,1-5H3. The minimum atomic E-state index is -0.130. The SMILES string of the molecule is CC(C)Sc1ccc(CC(=O)N2Cc3nn(C(C)(C)C)c(-n4cccc4)c3C2)cc1. The van der Waals surface area contributed by atoms with E-state index < -0.39 is 0 Å². The molecule has 1 aromatic carbocycles. The molecule has 0 bridgehead atoms. The van der Waals surface area contributed by atoms with Gasteiger partial charge in [0.25, 0.3) is 0 Å². The molecule has 1 aliphatic rings. The Bertz CT molecular complexity index is 1030. The highest BCUT2D eigenvalue weighted by Crippen LogP contribution is 2.32. The number of amides is 1. The molecule has 0 atom stereocenters. The molecular formula is C24H30N4OS. The Hall–Kier alpha value is -2.47. The number of rotatable bonds is 5. The number of carbonyl (C=O) groups is 1. The number of fused-ring (bicyclic) bond motifs is 1. The molecular weight excluding hydrogens is 392 g/mol. The molecule has 3 aromatic rings. The maximum atomic E-state index is 13.0. The summed E-state index contributed by atoms with van der Waals surface area (Å²) in [6, 6.07) is 12.4. The first-order valence-electron chi connectivity index (χ1n) is 10.5. The van der Waals surface area contributed by atoms with Crippen molar-refractivity contribution in [3.8, 4) is 5.82 Å². The van der Waals surface area contributed by atoms with Crippen LogP contribution in [0.3, 0.4) is 0 Å². The van der Waals surface area contributed by atoms with Gasteiger partial charge in [0.1, 0.15) is 5.82 Å². The van der Waals surface area contributed by atoms with Gasteiger partial charge in [-0.15, -0.1) is 11.8 Å². The second-order valence-corrected chi connectivity index (χ2v) is 10.8. The molecule has 0 saturated heterocycles. The van der Waals surface area contributed by atoms with Gasteiger partial charge in [0.15, 0.2) is 0 Å². The van der Waals surface area contributed by atoms with Crippen molar-refractivity contribution in [2.24, 2.45) is 0 Å². The molecule has 0 spiro atoms. The molecule has 0 radical (unpaired) electrons. The zero-order valence-electron chi connectivity index (χ0n) is 18.4. The second kappa shape index (κ2) is 7.99. The number of carbonyl (C=O) groups excluding carboxylic acids is 1. The lowest BCUT2D eigenvalue weighted by Gasteiger charge is -2.24. The third-order valence-electron chi connectivity index (χ3n) is 5.22. The van der Waals surface area contributed by atoms with E-state index >= 15 is 0 Å². The summed E-state index contributed by atoms with van der Waals surface area (Å²) in [7, 11) is 0. The van der Waals surface area contributed by atoms with Gasteiger partial charge in [-0.1, -0.05) is 26.0 Å². The van der Waals surface area contributed by atoms with Gasteiger partial charge in [0.05, 0.1) is 30.7 Å². The quantitative estimate of drug-likeness (QED) is 0.543. The highest BCUT2D eigenvalue weighted by atomic mass is 32.2. The third-order valence-corrected chi connectivity index (χ3v) is 6.23. The van der Waals surface area contributed by atoms with Crippen LogP contribution in [0, 0.1) is 0 Å². The summed E-state index contributed by atoms with van der Waals surface area (Å²) in [6.45, 7) is 12.0. The first-order valence-corrected chi connectivity index (χ1v) is 11.4. The monoisotopic (exact) mass is 422 g/mol. The summed E-state index contributed by atoms with van der Waals surface area (Å²) < 4.78 is 4.20. The lowest BCUT2D eigenvalue weighted by molar-refractivity contribution is -0.131. The van der Waals surface area contributed by atoms with E-state index in [1.165, 1.54) is 4.90 Å². The van der Waals surface area contributed by atoms with Gasteiger partial charge in [-0.25, -0.2) is 4.68 Å². The van der Waals surface area contributed by atoms with Crippen molar-refractivity contribution in [1.82, 2.24) is 19.2 Å². The predicted molar refractivity (Wildman–Crippen MR) is 122 cm³/mol. The first-order chi connectivity index (χ1) is 14.2. The lowest BCUT2D eigenvalue weighted by atomic mass is 10.1. The van der Waals surface area contributed by atoms with E-state index in [1.807, 2.05) is 41.2 Å². The molecule has 0 fully saturated rings. The van der Waals surface area contributed by atoms with Crippen LogP contribution in [0.4, 0.5) is 0 Å². The molecule has 158 valence electrons. The minimum absolute atomic E-state index is 0.130. The van der Waals surface area contributed by atoms with Crippen LogP contribution in [0.15, 0.2) is 53.7 Å². The number of thioether (sulfide) groups is 1. The molecule has 5 nitrogen and oxygen atoms in total. The average Bonchev–Trinajstić information content (AvgIpc) is 3.37. The molecule has 3 heterocycles. The molecule has 30 heavy (non-hydrogen) atoms. The molecule has 4 rings (SSSR count). The summed E-state index contributed by atoms with van der Waals surface area (Å²) in [5.41, 5.74) is 3.08. The zero-order valence-corrected chi connectivity index (χ0v) is 19.2. The molecule has 0 unspecified atom stereocenters. The Morgan fingerprint density at radius 1 is 1.10 bits per heavy atom. The van der Waals surface area contributed by atoms with Crippen LogP contribution in [-0.2, 0) is 29.8 Å². The predicted octanol–water partition coefficient (Wildman–Crippen LogP) is 5.01. The summed E-state index contributed by atoms with van der Waals surface area (Å²) in [6.07, 6.45) is 4.51. The van der Waals surface area contributed by atoms with Gasteiger partial charge in [0, 0.05) is 28.1 Å². The van der Waals surface area contributed by atoms with E-state index in [-0.39, 0.29) is 11.4 Å². The largest absolute Gasteiger partial charge is 0.332 e. The molecule has 0 saturated carbocycles. The molecule has 2 aromatic heterocycles. The average molecular weight is 423 g/mol. The number of benzene rings is 1. The summed E-state index contributed by atoms with van der Waals surface area (Å²) in [5.74, 6) is 1.21. The van der Waals surface area contributed by atoms with Crippen molar-refractivity contribution < 1.29 is 4.79 Å². The van der Waals surface area contributed by atoms with Crippen LogP contribution in [-0.4, -0.2) is 30.4 Å². The number of hydrogen-bond acceptors (Lipinski definition) is 3. The molecule has 0 N–H and O–H groups in total. The van der Waals surface area contributed by atoms with E-state index in [0.717, 1.165) is 22.6 Å². The lowest BCUT2D eigenvalue weighted by Crippen LogP contribution is -2.30. The van der Waals surface area contributed by atoms with Crippen LogP contribution < -0.4 is 0 Å². The van der Waals surface area contributed by atoms with Gasteiger partial charge in [-0.05, 0) is 50.6 Å². The zero-order chi connectivity index (χ0) is 21.5. The van der Waals surface area contributed by atoms with Gasteiger partial charge >= 0.3 is 0 Å². The Morgan fingerprint density at radius 3 is 2.37 bits per heavy atom. The first kappa shape index (κ1) is 20.8. The van der Waals surface area contributed by atoms with Gasteiger partial charge in [0.2, 0.25) is 5.91 Å². The second-order valence-electron chi connectivity index (χ2n) is 9.16. The number of aromatic nitrogens is 3. The maximum absolute atomic E-state index is 13.0. The van der Waals surface area contributed by atoms with E-state index in [9.17, 15) is 4.79 Å². The van der Waals surface area contributed by atoms with Crippen LogP contribution in [0.5, 0.6) is 0 Å². The smallest absolute Gasteiger partial charge is 0.227 e. The van der Waals surface area contributed by atoms with Crippen LogP contribution >= 0.6 is 11.8 Å². The molecule has 1 aliphatic heterocycles. The fraction of sp³-hybridized carbons (Fsp3) is 0.417. The van der Waals surface area contributed by atoms with Crippen molar-refractivity contribution in [2.75, 3.05) is 0 Å². The Labute approximate surface area is 183 Å². The molecule has 1 amide bonds.